The Labute approximate surface area is 128 Å². The Hall–Kier alpha value is -2.66. The van der Waals surface area contributed by atoms with Crippen molar-refractivity contribution in [3.63, 3.8) is 0 Å². The van der Waals surface area contributed by atoms with E-state index in [1.165, 1.54) is 0 Å². The van der Waals surface area contributed by atoms with Crippen LogP contribution < -0.4 is 10.1 Å². The lowest BCUT2D eigenvalue weighted by Gasteiger charge is -2.08. The summed E-state index contributed by atoms with van der Waals surface area (Å²) in [6.07, 6.45) is 0. The third-order valence-corrected chi connectivity index (χ3v) is 3.19. The zero-order valence-corrected chi connectivity index (χ0v) is 12.3. The number of aromatic nitrogens is 2. The molecule has 0 aliphatic rings. The van der Waals surface area contributed by atoms with Crippen LogP contribution in [0.5, 0.6) is 5.75 Å². The molecular weight excluding hydrogens is 278 g/mol. The minimum Gasteiger partial charge on any atom is -0.491 e. The maximum absolute atomic E-state index is 5.76. The van der Waals surface area contributed by atoms with E-state index in [1.807, 2.05) is 61.6 Å². The first-order chi connectivity index (χ1) is 10.9. The molecule has 0 saturated carbocycles. The molecule has 0 saturated heterocycles. The van der Waals surface area contributed by atoms with E-state index in [1.54, 1.807) is 0 Å². The Morgan fingerprint density at radius 3 is 2.64 bits per heavy atom. The zero-order valence-electron chi connectivity index (χ0n) is 12.3. The van der Waals surface area contributed by atoms with Crippen LogP contribution in [0, 0.1) is 0 Å². The summed E-state index contributed by atoms with van der Waals surface area (Å²) in [6, 6.07) is 17.4. The van der Waals surface area contributed by atoms with Crippen molar-refractivity contribution in [2.75, 3.05) is 20.2 Å². The van der Waals surface area contributed by atoms with E-state index in [0.29, 0.717) is 18.3 Å². The van der Waals surface area contributed by atoms with E-state index in [-0.39, 0.29) is 0 Å². The molecule has 1 N–H and O–H groups in total. The predicted molar refractivity (Wildman–Crippen MR) is 84.6 cm³/mol. The van der Waals surface area contributed by atoms with Crippen molar-refractivity contribution in [2.45, 2.75) is 0 Å². The number of para-hydroxylation sites is 1. The van der Waals surface area contributed by atoms with Crippen LogP contribution in [0.1, 0.15) is 0 Å². The van der Waals surface area contributed by atoms with Gasteiger partial charge in [-0.1, -0.05) is 47.6 Å². The van der Waals surface area contributed by atoms with Gasteiger partial charge >= 0.3 is 0 Å². The number of ether oxygens (including phenoxy) is 1. The minimum absolute atomic E-state index is 0.457. The van der Waals surface area contributed by atoms with Crippen LogP contribution in [0.4, 0.5) is 0 Å². The number of nitrogens with one attached hydrogen (secondary N) is 1. The Morgan fingerprint density at radius 1 is 1.05 bits per heavy atom. The molecule has 1 aromatic heterocycles. The fourth-order valence-corrected chi connectivity index (χ4v) is 2.07. The van der Waals surface area contributed by atoms with Crippen molar-refractivity contribution >= 4 is 0 Å². The third kappa shape index (κ3) is 3.15. The molecular formula is C17H17N3O2. The van der Waals surface area contributed by atoms with Crippen LogP contribution in [0.3, 0.4) is 0 Å². The van der Waals surface area contributed by atoms with E-state index in [9.17, 15) is 0 Å². The molecule has 1 heterocycles. The van der Waals surface area contributed by atoms with E-state index < -0.39 is 0 Å². The molecule has 0 atom stereocenters. The number of nitrogens with zero attached hydrogens (tertiary/aromatic N) is 2. The summed E-state index contributed by atoms with van der Waals surface area (Å²) in [5.41, 5.74) is 1.72. The summed E-state index contributed by atoms with van der Waals surface area (Å²) in [4.78, 5) is 4.47. The van der Waals surface area contributed by atoms with Gasteiger partial charge in [-0.15, -0.1) is 0 Å². The van der Waals surface area contributed by atoms with Crippen LogP contribution in [-0.2, 0) is 0 Å². The van der Waals surface area contributed by atoms with Crippen molar-refractivity contribution in [2.24, 2.45) is 0 Å². The van der Waals surface area contributed by atoms with Crippen LogP contribution in [0.25, 0.3) is 22.8 Å². The molecule has 3 aromatic rings. The SMILES string of the molecule is CNCCOc1ccccc1-c1nc(-c2ccccc2)no1. The van der Waals surface area contributed by atoms with Gasteiger partial charge in [0, 0.05) is 12.1 Å². The Morgan fingerprint density at radius 2 is 1.82 bits per heavy atom. The highest BCUT2D eigenvalue weighted by Crippen LogP contribution is 2.29. The topological polar surface area (TPSA) is 60.2 Å². The van der Waals surface area contributed by atoms with E-state index in [2.05, 4.69) is 15.5 Å². The maximum atomic E-state index is 5.76. The molecule has 112 valence electrons. The number of hydrogen-bond acceptors (Lipinski definition) is 5. The largest absolute Gasteiger partial charge is 0.491 e. The molecule has 5 nitrogen and oxygen atoms in total. The average molecular weight is 295 g/mol. The molecule has 0 radical (unpaired) electrons. The quantitative estimate of drug-likeness (QED) is 0.708. The molecule has 5 heteroatoms. The second kappa shape index (κ2) is 6.87. The second-order valence-corrected chi connectivity index (χ2v) is 4.74. The molecule has 0 amide bonds. The fourth-order valence-electron chi connectivity index (χ4n) is 2.07. The lowest BCUT2D eigenvalue weighted by Crippen LogP contribution is -2.16. The lowest BCUT2D eigenvalue weighted by molar-refractivity contribution is 0.318. The normalized spacial score (nSPS) is 10.6. The van der Waals surface area contributed by atoms with Gasteiger partial charge in [-0.25, -0.2) is 0 Å². The first kappa shape index (κ1) is 14.3. The van der Waals surface area contributed by atoms with Crippen molar-refractivity contribution in [1.29, 1.82) is 0 Å². The fraction of sp³-hybridized carbons (Fsp3) is 0.176. The molecule has 0 aliphatic carbocycles. The van der Waals surface area contributed by atoms with Gasteiger partial charge in [0.05, 0.1) is 5.56 Å². The number of rotatable bonds is 6. The van der Waals surface area contributed by atoms with Gasteiger partial charge in [0.1, 0.15) is 12.4 Å². The van der Waals surface area contributed by atoms with Crippen molar-refractivity contribution in [3.8, 4) is 28.6 Å². The summed E-state index contributed by atoms with van der Waals surface area (Å²) in [7, 11) is 1.89. The van der Waals surface area contributed by atoms with E-state index in [4.69, 9.17) is 9.26 Å². The van der Waals surface area contributed by atoms with E-state index >= 15 is 0 Å². The second-order valence-electron chi connectivity index (χ2n) is 4.74. The van der Waals surface area contributed by atoms with Crippen molar-refractivity contribution in [3.05, 3.63) is 54.6 Å². The van der Waals surface area contributed by atoms with Crippen LogP contribution in [0.15, 0.2) is 59.1 Å². The van der Waals surface area contributed by atoms with Gasteiger partial charge in [-0.05, 0) is 19.2 Å². The smallest absolute Gasteiger partial charge is 0.262 e. The maximum Gasteiger partial charge on any atom is 0.262 e. The minimum atomic E-state index is 0.457. The van der Waals surface area contributed by atoms with Gasteiger partial charge in [0.25, 0.3) is 5.89 Å². The van der Waals surface area contributed by atoms with Crippen LogP contribution in [0.2, 0.25) is 0 Å². The molecule has 3 rings (SSSR count). The highest BCUT2D eigenvalue weighted by Gasteiger charge is 2.14. The predicted octanol–water partition coefficient (Wildman–Crippen LogP) is 3.00. The monoisotopic (exact) mass is 295 g/mol. The Kier molecular flexibility index (Phi) is 4.46. The third-order valence-electron chi connectivity index (χ3n) is 3.19. The summed E-state index contributed by atoms with van der Waals surface area (Å²) in [6.45, 7) is 1.35. The molecule has 0 bridgehead atoms. The van der Waals surface area contributed by atoms with Crippen molar-refractivity contribution < 1.29 is 9.26 Å². The van der Waals surface area contributed by atoms with Crippen LogP contribution >= 0.6 is 0 Å². The number of benzene rings is 2. The standard InChI is InChI=1S/C17H17N3O2/c1-18-11-12-21-15-10-6-5-9-14(15)17-19-16(20-22-17)13-7-3-2-4-8-13/h2-10,18H,11-12H2,1H3. The van der Waals surface area contributed by atoms with Crippen LogP contribution in [-0.4, -0.2) is 30.3 Å². The lowest BCUT2D eigenvalue weighted by atomic mass is 10.2. The van der Waals surface area contributed by atoms with Gasteiger partial charge < -0.3 is 14.6 Å². The summed E-state index contributed by atoms with van der Waals surface area (Å²) in [5.74, 6) is 1.76. The molecule has 0 unspecified atom stereocenters. The Bertz CT molecular complexity index is 726. The van der Waals surface area contributed by atoms with Crippen molar-refractivity contribution in [1.82, 2.24) is 15.5 Å². The first-order valence-electron chi connectivity index (χ1n) is 7.14. The summed E-state index contributed by atoms with van der Waals surface area (Å²) < 4.78 is 11.2. The highest BCUT2D eigenvalue weighted by molar-refractivity contribution is 5.65. The molecule has 2 aromatic carbocycles. The Balaban J connectivity index is 1.87. The zero-order chi connectivity index (χ0) is 15.2. The first-order valence-corrected chi connectivity index (χ1v) is 7.14. The van der Waals surface area contributed by atoms with E-state index in [0.717, 1.165) is 23.4 Å². The summed E-state index contributed by atoms with van der Waals surface area (Å²) >= 11 is 0. The average Bonchev–Trinajstić information content (AvgIpc) is 3.06. The molecule has 22 heavy (non-hydrogen) atoms. The number of likely N-dealkylation sites (N-methyl/N-ethyl adjacent to an activating group) is 1. The van der Waals surface area contributed by atoms with Gasteiger partial charge in [0.15, 0.2) is 0 Å². The van der Waals surface area contributed by atoms with Gasteiger partial charge in [-0.2, -0.15) is 4.98 Å². The van der Waals surface area contributed by atoms with Gasteiger partial charge in [0.2, 0.25) is 5.82 Å². The molecule has 0 spiro atoms. The summed E-state index contributed by atoms with van der Waals surface area (Å²) in [5, 5.41) is 7.09. The highest BCUT2D eigenvalue weighted by atomic mass is 16.5. The molecule has 0 aliphatic heterocycles. The number of hydrogen-bond donors (Lipinski definition) is 1. The molecule has 0 fully saturated rings. The van der Waals surface area contributed by atoms with Gasteiger partial charge in [-0.3, -0.25) is 0 Å².